The molecule has 3 rings (SSSR count). The first-order valence-electron chi connectivity index (χ1n) is 8.87. The first-order chi connectivity index (χ1) is 12.3. The van der Waals surface area contributed by atoms with E-state index in [2.05, 4.69) is 59.2 Å². The molecular weight excluding hydrogens is 392 g/mol. The minimum absolute atomic E-state index is 0.127. The Bertz CT molecular complexity index is 833. The quantitative estimate of drug-likeness (QED) is 0.772. The van der Waals surface area contributed by atoms with Crippen molar-refractivity contribution >= 4 is 27.5 Å². The van der Waals surface area contributed by atoms with Crippen molar-refractivity contribution in [3.63, 3.8) is 0 Å². The molecule has 26 heavy (non-hydrogen) atoms. The summed E-state index contributed by atoms with van der Waals surface area (Å²) in [7, 11) is 2.14. The van der Waals surface area contributed by atoms with Crippen molar-refractivity contribution in [1.29, 1.82) is 0 Å². The number of carbonyl (C=O) groups is 1. The zero-order valence-corrected chi connectivity index (χ0v) is 17.3. The van der Waals surface area contributed by atoms with E-state index in [0.717, 1.165) is 28.9 Å². The summed E-state index contributed by atoms with van der Waals surface area (Å²) in [6, 6.07) is 11.6. The Morgan fingerprint density at radius 3 is 2.69 bits per heavy atom. The maximum Gasteiger partial charge on any atom is 0.255 e. The molecule has 0 atom stereocenters. The van der Waals surface area contributed by atoms with E-state index in [1.807, 2.05) is 19.1 Å². The number of anilines is 1. The molecule has 1 heterocycles. The summed E-state index contributed by atoms with van der Waals surface area (Å²) >= 11 is 3.46. The molecule has 138 valence electrons. The van der Waals surface area contributed by atoms with Crippen molar-refractivity contribution in [1.82, 2.24) is 4.90 Å². The van der Waals surface area contributed by atoms with Gasteiger partial charge < -0.3 is 10.1 Å². The van der Waals surface area contributed by atoms with E-state index in [-0.39, 0.29) is 11.4 Å². The number of amides is 1. The number of benzene rings is 2. The van der Waals surface area contributed by atoms with Gasteiger partial charge in [-0.15, -0.1) is 0 Å². The van der Waals surface area contributed by atoms with Crippen LogP contribution in [-0.2, 0) is 13.0 Å². The lowest BCUT2D eigenvalue weighted by Gasteiger charge is -2.41. The van der Waals surface area contributed by atoms with Crippen LogP contribution in [0.2, 0.25) is 0 Å². The third-order valence-electron chi connectivity index (χ3n) is 5.02. The highest BCUT2D eigenvalue weighted by Crippen LogP contribution is 2.31. The van der Waals surface area contributed by atoms with Gasteiger partial charge in [0.05, 0.1) is 11.1 Å². The molecular formula is C21H25BrN2O2. The molecule has 4 nitrogen and oxygen atoms in total. The van der Waals surface area contributed by atoms with Crippen LogP contribution in [0.5, 0.6) is 5.75 Å². The third-order valence-corrected chi connectivity index (χ3v) is 5.64. The number of nitrogens with one attached hydrogen (secondary N) is 1. The molecule has 0 fully saturated rings. The van der Waals surface area contributed by atoms with Gasteiger partial charge in [-0.3, -0.25) is 9.69 Å². The zero-order chi connectivity index (χ0) is 18.9. The molecule has 0 saturated heterocycles. The zero-order valence-electron chi connectivity index (χ0n) is 15.7. The molecule has 0 bridgehead atoms. The van der Waals surface area contributed by atoms with Crippen molar-refractivity contribution < 1.29 is 9.53 Å². The van der Waals surface area contributed by atoms with Crippen LogP contribution < -0.4 is 10.1 Å². The van der Waals surface area contributed by atoms with Crippen molar-refractivity contribution in [3.8, 4) is 5.75 Å². The highest BCUT2D eigenvalue weighted by molar-refractivity contribution is 9.10. The standard InChI is InChI=1S/C21H25BrN2O2/c1-5-26-19-9-7-14(11-18(19)22)20(25)23-17-8-6-15-12-21(2,3)24(4)13-16(15)10-17/h6-11H,5,12-13H2,1-4H3,(H,23,25). The molecule has 0 aromatic heterocycles. The summed E-state index contributed by atoms with van der Waals surface area (Å²) < 4.78 is 6.27. The first-order valence-corrected chi connectivity index (χ1v) is 9.66. The Hall–Kier alpha value is -1.85. The number of fused-ring (bicyclic) bond motifs is 1. The van der Waals surface area contributed by atoms with Crippen LogP contribution >= 0.6 is 15.9 Å². The molecule has 1 N–H and O–H groups in total. The Balaban J connectivity index is 1.76. The Morgan fingerprint density at radius 2 is 2.00 bits per heavy atom. The van der Waals surface area contributed by atoms with Crippen LogP contribution in [-0.4, -0.2) is 30.0 Å². The minimum atomic E-state index is -0.127. The molecule has 0 radical (unpaired) electrons. The van der Waals surface area contributed by atoms with Crippen molar-refractivity contribution in [2.24, 2.45) is 0 Å². The summed E-state index contributed by atoms with van der Waals surface area (Å²) in [6.45, 7) is 7.93. The van der Waals surface area contributed by atoms with Gasteiger partial charge in [0, 0.05) is 23.3 Å². The second-order valence-corrected chi connectivity index (χ2v) is 8.22. The van der Waals surface area contributed by atoms with Crippen molar-refractivity contribution in [2.45, 2.75) is 39.3 Å². The lowest BCUT2D eigenvalue weighted by Crippen LogP contribution is -2.45. The maximum absolute atomic E-state index is 12.6. The predicted molar refractivity (Wildman–Crippen MR) is 109 cm³/mol. The molecule has 1 aliphatic rings. The molecule has 1 amide bonds. The molecule has 0 aliphatic carbocycles. The van der Waals surface area contributed by atoms with Gasteiger partial charge >= 0.3 is 0 Å². The smallest absolute Gasteiger partial charge is 0.255 e. The second kappa shape index (κ2) is 7.41. The highest BCUT2D eigenvalue weighted by Gasteiger charge is 2.30. The fourth-order valence-corrected chi connectivity index (χ4v) is 3.71. The lowest BCUT2D eigenvalue weighted by molar-refractivity contribution is 0.102. The number of rotatable bonds is 4. The molecule has 1 aliphatic heterocycles. The highest BCUT2D eigenvalue weighted by atomic mass is 79.9. The third kappa shape index (κ3) is 3.94. The molecule has 5 heteroatoms. The largest absolute Gasteiger partial charge is 0.493 e. The minimum Gasteiger partial charge on any atom is -0.493 e. The van der Waals surface area contributed by atoms with E-state index in [4.69, 9.17) is 4.74 Å². The van der Waals surface area contributed by atoms with Gasteiger partial charge in [-0.2, -0.15) is 0 Å². The molecule has 0 saturated carbocycles. The number of nitrogens with zero attached hydrogens (tertiary/aromatic N) is 1. The fourth-order valence-electron chi connectivity index (χ4n) is 3.21. The Kier molecular flexibility index (Phi) is 5.39. The van der Waals surface area contributed by atoms with Gasteiger partial charge in [-0.1, -0.05) is 6.07 Å². The molecule has 2 aromatic rings. The van der Waals surface area contributed by atoms with Crippen molar-refractivity contribution in [2.75, 3.05) is 19.0 Å². The van der Waals surface area contributed by atoms with Gasteiger partial charge in [0.25, 0.3) is 5.91 Å². The number of hydrogen-bond acceptors (Lipinski definition) is 3. The van der Waals surface area contributed by atoms with Gasteiger partial charge in [0.2, 0.25) is 0 Å². The number of halogens is 1. The summed E-state index contributed by atoms with van der Waals surface area (Å²) in [6.07, 6.45) is 1.01. The number of hydrogen-bond donors (Lipinski definition) is 1. The summed E-state index contributed by atoms with van der Waals surface area (Å²) in [4.78, 5) is 14.9. The van der Waals surface area contributed by atoms with E-state index in [9.17, 15) is 4.79 Å². The Labute approximate surface area is 163 Å². The van der Waals surface area contributed by atoms with E-state index >= 15 is 0 Å². The van der Waals surface area contributed by atoms with Gasteiger partial charge in [-0.25, -0.2) is 0 Å². The monoisotopic (exact) mass is 416 g/mol. The maximum atomic E-state index is 12.6. The molecule has 0 unspecified atom stereocenters. The van der Waals surface area contributed by atoms with Crippen LogP contribution in [0, 0.1) is 0 Å². The van der Waals surface area contributed by atoms with E-state index in [1.54, 1.807) is 12.1 Å². The van der Waals surface area contributed by atoms with Gasteiger partial charge in [0.1, 0.15) is 5.75 Å². The Morgan fingerprint density at radius 1 is 1.23 bits per heavy atom. The van der Waals surface area contributed by atoms with E-state index in [0.29, 0.717) is 12.2 Å². The van der Waals surface area contributed by atoms with Crippen LogP contribution in [0.3, 0.4) is 0 Å². The fraction of sp³-hybridized carbons (Fsp3) is 0.381. The first kappa shape index (κ1) is 18.9. The normalized spacial score (nSPS) is 16.0. The SMILES string of the molecule is CCOc1ccc(C(=O)Nc2ccc3c(c2)CN(C)C(C)(C)C3)cc1Br. The number of ether oxygens (including phenoxy) is 1. The average molecular weight is 417 g/mol. The summed E-state index contributed by atoms with van der Waals surface area (Å²) in [5.41, 5.74) is 4.21. The van der Waals surface area contributed by atoms with E-state index < -0.39 is 0 Å². The number of carbonyl (C=O) groups excluding carboxylic acids is 1. The number of likely N-dealkylation sites (N-methyl/N-ethyl adjacent to an activating group) is 1. The van der Waals surface area contributed by atoms with Crippen LogP contribution in [0.25, 0.3) is 0 Å². The lowest BCUT2D eigenvalue weighted by atomic mass is 9.86. The van der Waals surface area contributed by atoms with E-state index in [1.165, 1.54) is 11.1 Å². The van der Waals surface area contributed by atoms with Gasteiger partial charge in [0.15, 0.2) is 0 Å². The summed E-state index contributed by atoms with van der Waals surface area (Å²) in [5.74, 6) is 0.613. The van der Waals surface area contributed by atoms with Crippen LogP contribution in [0.4, 0.5) is 5.69 Å². The topological polar surface area (TPSA) is 41.6 Å². The predicted octanol–water partition coefficient (Wildman–Crippen LogP) is 4.87. The van der Waals surface area contributed by atoms with Crippen molar-refractivity contribution in [3.05, 3.63) is 57.6 Å². The molecule has 0 spiro atoms. The average Bonchev–Trinajstić information content (AvgIpc) is 2.58. The molecule has 2 aromatic carbocycles. The summed E-state index contributed by atoms with van der Waals surface area (Å²) in [5, 5.41) is 3.00. The van der Waals surface area contributed by atoms with Crippen LogP contribution in [0.1, 0.15) is 42.3 Å². The van der Waals surface area contributed by atoms with Crippen LogP contribution in [0.15, 0.2) is 40.9 Å². The second-order valence-electron chi connectivity index (χ2n) is 7.36. The van der Waals surface area contributed by atoms with Gasteiger partial charge in [-0.05, 0) is 91.6 Å².